The van der Waals surface area contributed by atoms with Gasteiger partial charge < -0.3 is 9.30 Å². The van der Waals surface area contributed by atoms with Crippen LogP contribution < -0.4 is 5.49 Å². The van der Waals surface area contributed by atoms with E-state index >= 15 is 0 Å². The summed E-state index contributed by atoms with van der Waals surface area (Å²) < 4.78 is 60.5. The van der Waals surface area contributed by atoms with E-state index in [-0.39, 0.29) is 12.2 Å². The summed E-state index contributed by atoms with van der Waals surface area (Å²) in [7, 11) is -4.31. The number of rotatable bonds is 5. The van der Waals surface area contributed by atoms with E-state index in [1.54, 1.807) is 4.57 Å². The Labute approximate surface area is 125 Å². The number of sulfonamides is 1. The van der Waals surface area contributed by atoms with Crippen molar-refractivity contribution < 1.29 is 21.9 Å². The van der Waals surface area contributed by atoms with Gasteiger partial charge in [-0.2, -0.15) is 8.42 Å². The molecular weight excluding hydrogens is 316 g/mol. The van der Waals surface area contributed by atoms with Crippen LogP contribution in [0.25, 0.3) is 0 Å². The summed E-state index contributed by atoms with van der Waals surface area (Å²) in [6.07, 6.45) is 2.86. The molecule has 0 aliphatic heterocycles. The quantitative estimate of drug-likeness (QED) is 0.832. The molecule has 0 bridgehead atoms. The van der Waals surface area contributed by atoms with Crippen LogP contribution in [0.15, 0.2) is 46.1 Å². The van der Waals surface area contributed by atoms with Gasteiger partial charge in [-0.3, -0.25) is 0 Å². The summed E-state index contributed by atoms with van der Waals surface area (Å²) in [5, 5.41) is 0. The molecule has 0 saturated heterocycles. The topological polar surface area (TPSA) is 73.6 Å². The van der Waals surface area contributed by atoms with Crippen molar-refractivity contribution in [3.8, 4) is 0 Å². The van der Waals surface area contributed by atoms with Crippen molar-refractivity contribution in [2.45, 2.75) is 18.6 Å². The second-order valence-electron chi connectivity index (χ2n) is 4.20. The maximum Gasteiger partial charge on any atom is 0.287 e. The van der Waals surface area contributed by atoms with E-state index in [9.17, 15) is 17.2 Å². The van der Waals surface area contributed by atoms with Gasteiger partial charge in [0.1, 0.15) is 23.3 Å². The first kappa shape index (κ1) is 16.2. The second kappa shape index (κ2) is 6.75. The number of benzene rings is 1. The average Bonchev–Trinajstić information content (AvgIpc) is 2.45. The van der Waals surface area contributed by atoms with Crippen molar-refractivity contribution in [1.82, 2.24) is 9.55 Å². The minimum absolute atomic E-state index is 0.114. The third kappa shape index (κ3) is 3.95. The lowest BCUT2D eigenvalue weighted by Crippen LogP contribution is -2.15. The van der Waals surface area contributed by atoms with Gasteiger partial charge in [-0.05, 0) is 25.1 Å². The zero-order chi connectivity index (χ0) is 16.2. The molecule has 2 aromatic rings. The zero-order valence-electron chi connectivity index (χ0n) is 11.6. The molecule has 1 heterocycles. The first-order chi connectivity index (χ1) is 10.4. The predicted molar refractivity (Wildman–Crippen MR) is 73.0 cm³/mol. The highest BCUT2D eigenvalue weighted by Crippen LogP contribution is 2.17. The number of hydrogen-bond donors (Lipinski definition) is 0. The van der Waals surface area contributed by atoms with E-state index < -0.39 is 26.6 Å². The van der Waals surface area contributed by atoms with Crippen molar-refractivity contribution in [3.05, 3.63) is 53.9 Å². The normalized spacial score (nSPS) is 12.6. The average molecular weight is 329 g/mol. The number of hydrogen-bond acceptors (Lipinski definition) is 4. The van der Waals surface area contributed by atoms with Crippen molar-refractivity contribution in [3.63, 3.8) is 0 Å². The minimum Gasteiger partial charge on any atom is -0.361 e. The van der Waals surface area contributed by atoms with Gasteiger partial charge in [-0.1, -0.05) is 0 Å². The van der Waals surface area contributed by atoms with Gasteiger partial charge in [0.05, 0.1) is 6.33 Å². The largest absolute Gasteiger partial charge is 0.361 e. The molecule has 0 fully saturated rings. The van der Waals surface area contributed by atoms with E-state index in [4.69, 9.17) is 4.74 Å². The highest BCUT2D eigenvalue weighted by Gasteiger charge is 2.18. The Morgan fingerprint density at radius 1 is 1.32 bits per heavy atom. The van der Waals surface area contributed by atoms with E-state index in [1.807, 2.05) is 6.92 Å². The molecule has 1 aromatic carbocycles. The molecule has 9 heteroatoms. The van der Waals surface area contributed by atoms with E-state index in [0.717, 1.165) is 12.1 Å². The highest BCUT2D eigenvalue weighted by molar-refractivity contribution is 7.90. The number of nitrogens with zero attached hydrogens (tertiary/aromatic N) is 3. The van der Waals surface area contributed by atoms with Crippen LogP contribution in [-0.2, 0) is 21.5 Å². The van der Waals surface area contributed by atoms with Gasteiger partial charge in [0.25, 0.3) is 10.0 Å². The van der Waals surface area contributed by atoms with Gasteiger partial charge in [-0.25, -0.2) is 13.8 Å². The van der Waals surface area contributed by atoms with Crippen LogP contribution in [0, 0.1) is 11.6 Å². The van der Waals surface area contributed by atoms with E-state index in [2.05, 4.69) is 9.38 Å². The van der Waals surface area contributed by atoms with Gasteiger partial charge in [-0.15, -0.1) is 4.40 Å². The predicted octanol–water partition coefficient (Wildman–Crippen LogP) is 1.44. The lowest BCUT2D eigenvalue weighted by atomic mass is 10.3. The van der Waals surface area contributed by atoms with Gasteiger partial charge in [0.15, 0.2) is 5.49 Å². The molecule has 0 saturated carbocycles. The molecule has 0 N–H and O–H groups in total. The smallest absolute Gasteiger partial charge is 0.287 e. The molecule has 0 aliphatic carbocycles. The Bertz CT molecular complexity index is 814. The zero-order valence-corrected chi connectivity index (χ0v) is 12.4. The number of halogens is 2. The van der Waals surface area contributed by atoms with Crippen LogP contribution in [0.4, 0.5) is 8.78 Å². The van der Waals surface area contributed by atoms with Crippen molar-refractivity contribution in [2.75, 3.05) is 6.61 Å². The summed E-state index contributed by atoms with van der Waals surface area (Å²) in [6, 6.07) is 3.50. The van der Waals surface area contributed by atoms with Crippen molar-refractivity contribution in [2.24, 2.45) is 4.40 Å². The van der Waals surface area contributed by atoms with Crippen molar-refractivity contribution >= 4 is 10.0 Å². The Morgan fingerprint density at radius 2 is 2.09 bits per heavy atom. The first-order valence-electron chi connectivity index (χ1n) is 6.28. The molecular formula is C13H13F2N3O3S. The Kier molecular flexibility index (Phi) is 4.99. The van der Waals surface area contributed by atoms with Crippen LogP contribution in [0.5, 0.6) is 0 Å². The molecule has 22 heavy (non-hydrogen) atoms. The summed E-state index contributed by atoms with van der Waals surface area (Å²) in [4.78, 5) is 3.12. The molecule has 0 radical (unpaired) electrons. The summed E-state index contributed by atoms with van der Waals surface area (Å²) in [6.45, 7) is 2.63. The third-order valence-electron chi connectivity index (χ3n) is 2.58. The van der Waals surface area contributed by atoms with Crippen LogP contribution in [0.1, 0.15) is 6.92 Å². The molecule has 2 rings (SSSR count). The monoisotopic (exact) mass is 329 g/mol. The molecule has 0 atom stereocenters. The number of aromatic nitrogens is 2. The maximum absolute atomic E-state index is 13.5. The Balaban J connectivity index is 2.34. The molecule has 0 aliphatic rings. The van der Waals surface area contributed by atoms with Crippen LogP contribution >= 0.6 is 0 Å². The minimum atomic E-state index is -4.31. The fourth-order valence-electron chi connectivity index (χ4n) is 1.56. The molecule has 0 unspecified atom stereocenters. The fourth-order valence-corrected chi connectivity index (χ4v) is 2.56. The van der Waals surface area contributed by atoms with Gasteiger partial charge in [0.2, 0.25) is 0 Å². The van der Waals surface area contributed by atoms with E-state index in [1.165, 1.54) is 18.6 Å². The standard InChI is InChI=1S/C13H13F2N3O3S/c1-2-21-9-18-6-5-13(16-8-18)17-22(19,20)12-4-3-10(14)7-11(12)15/h3-8H,2,9H2,1H3/b17-13+. The Morgan fingerprint density at radius 3 is 2.68 bits per heavy atom. The summed E-state index contributed by atoms with van der Waals surface area (Å²) >= 11 is 0. The molecule has 6 nitrogen and oxygen atoms in total. The summed E-state index contributed by atoms with van der Waals surface area (Å²) in [5.74, 6) is -2.07. The molecule has 0 amide bonds. The van der Waals surface area contributed by atoms with Crippen molar-refractivity contribution in [1.29, 1.82) is 0 Å². The maximum atomic E-state index is 13.5. The van der Waals surface area contributed by atoms with Crippen LogP contribution in [0.3, 0.4) is 0 Å². The summed E-state index contributed by atoms with van der Waals surface area (Å²) in [5.41, 5.74) is -0.114. The van der Waals surface area contributed by atoms with Crippen LogP contribution in [-0.4, -0.2) is 24.6 Å². The van der Waals surface area contributed by atoms with Crippen LogP contribution in [0.2, 0.25) is 0 Å². The first-order valence-corrected chi connectivity index (χ1v) is 7.72. The SMILES string of the molecule is CCOCn1cc/c(=N\S(=O)(=O)c2ccc(F)cc2F)nc1. The second-order valence-corrected chi connectivity index (χ2v) is 5.77. The molecule has 118 valence electrons. The third-order valence-corrected chi connectivity index (χ3v) is 3.90. The fraction of sp³-hybridized carbons (Fsp3) is 0.231. The molecule has 0 spiro atoms. The number of ether oxygens (including phenoxy) is 1. The van der Waals surface area contributed by atoms with E-state index in [0.29, 0.717) is 12.7 Å². The van der Waals surface area contributed by atoms with Gasteiger partial charge >= 0.3 is 0 Å². The lowest BCUT2D eigenvalue weighted by molar-refractivity contribution is 0.0866. The molecule has 1 aromatic heterocycles. The van der Waals surface area contributed by atoms with Gasteiger partial charge in [0, 0.05) is 18.9 Å². The lowest BCUT2D eigenvalue weighted by Gasteiger charge is -2.04. The highest BCUT2D eigenvalue weighted by atomic mass is 32.2. The Hall–Kier alpha value is -2.13.